The second kappa shape index (κ2) is 10.5. The number of hydrogen-bond acceptors (Lipinski definition) is 7. The SMILES string of the molecule is C[C@H](NC(=O)OC(C)(C)C)C(=O)OCCCCNc1cccc2c1C(=O)c1ccccc1C2=O. The van der Waals surface area contributed by atoms with Gasteiger partial charge in [-0.1, -0.05) is 36.4 Å². The molecule has 1 atom stereocenters. The second-order valence-corrected chi connectivity index (χ2v) is 9.10. The number of anilines is 1. The van der Waals surface area contributed by atoms with Gasteiger partial charge >= 0.3 is 12.1 Å². The zero-order chi connectivity index (χ0) is 24.9. The number of esters is 1. The summed E-state index contributed by atoms with van der Waals surface area (Å²) in [7, 11) is 0. The van der Waals surface area contributed by atoms with Crippen LogP contribution in [0.15, 0.2) is 42.5 Å². The number of ether oxygens (including phenoxy) is 2. The summed E-state index contributed by atoms with van der Waals surface area (Å²) in [5.41, 5.74) is 1.58. The van der Waals surface area contributed by atoms with Crippen LogP contribution in [0.3, 0.4) is 0 Å². The number of fused-ring (bicyclic) bond motifs is 2. The van der Waals surface area contributed by atoms with Crippen molar-refractivity contribution in [2.24, 2.45) is 0 Å². The molecule has 34 heavy (non-hydrogen) atoms. The van der Waals surface area contributed by atoms with Gasteiger partial charge in [0.2, 0.25) is 0 Å². The van der Waals surface area contributed by atoms with Gasteiger partial charge in [-0.2, -0.15) is 0 Å². The van der Waals surface area contributed by atoms with E-state index in [1.54, 1.807) is 63.2 Å². The first-order valence-corrected chi connectivity index (χ1v) is 11.3. The van der Waals surface area contributed by atoms with Gasteiger partial charge in [-0.15, -0.1) is 0 Å². The molecule has 1 aliphatic rings. The predicted octanol–water partition coefficient (Wildman–Crippen LogP) is 4.11. The first-order valence-electron chi connectivity index (χ1n) is 11.3. The van der Waals surface area contributed by atoms with Crippen molar-refractivity contribution in [2.75, 3.05) is 18.5 Å². The van der Waals surface area contributed by atoms with E-state index in [0.717, 1.165) is 0 Å². The van der Waals surface area contributed by atoms with Crippen LogP contribution in [0.4, 0.5) is 10.5 Å². The van der Waals surface area contributed by atoms with E-state index in [9.17, 15) is 19.2 Å². The van der Waals surface area contributed by atoms with Crippen LogP contribution in [0, 0.1) is 0 Å². The average Bonchev–Trinajstić information content (AvgIpc) is 2.78. The first-order chi connectivity index (χ1) is 16.1. The van der Waals surface area contributed by atoms with E-state index >= 15 is 0 Å². The fourth-order valence-electron chi connectivity index (χ4n) is 3.58. The first kappa shape index (κ1) is 25.0. The molecular formula is C26H30N2O6. The van der Waals surface area contributed by atoms with Crippen molar-refractivity contribution in [3.05, 3.63) is 64.7 Å². The van der Waals surface area contributed by atoms with Gasteiger partial charge in [0.1, 0.15) is 11.6 Å². The van der Waals surface area contributed by atoms with Crippen LogP contribution in [0.25, 0.3) is 0 Å². The Morgan fingerprint density at radius 3 is 2.24 bits per heavy atom. The molecule has 3 rings (SSSR count). The molecule has 8 heteroatoms. The number of ketones is 2. The Hall–Kier alpha value is -3.68. The van der Waals surface area contributed by atoms with Crippen molar-refractivity contribution >= 4 is 29.3 Å². The Morgan fingerprint density at radius 1 is 0.912 bits per heavy atom. The fraction of sp³-hybridized carbons (Fsp3) is 0.385. The number of rotatable bonds is 8. The van der Waals surface area contributed by atoms with E-state index < -0.39 is 23.7 Å². The molecule has 1 amide bonds. The molecule has 0 saturated heterocycles. The van der Waals surface area contributed by atoms with Gasteiger partial charge in [0.05, 0.1) is 12.2 Å². The molecule has 0 radical (unpaired) electrons. The summed E-state index contributed by atoms with van der Waals surface area (Å²) in [6.45, 7) is 7.47. The van der Waals surface area contributed by atoms with Gasteiger partial charge in [-0.05, 0) is 46.6 Å². The quantitative estimate of drug-likeness (QED) is 0.380. The Balaban J connectivity index is 1.46. The third-order valence-electron chi connectivity index (χ3n) is 5.17. The van der Waals surface area contributed by atoms with Crippen LogP contribution in [-0.2, 0) is 14.3 Å². The molecule has 180 valence electrons. The summed E-state index contributed by atoms with van der Waals surface area (Å²) in [5.74, 6) is -0.873. The zero-order valence-electron chi connectivity index (χ0n) is 19.9. The number of carbonyl (C=O) groups excluding carboxylic acids is 4. The number of alkyl carbamates (subject to hydrolysis) is 1. The van der Waals surface area contributed by atoms with Crippen LogP contribution in [-0.4, -0.2) is 48.4 Å². The van der Waals surface area contributed by atoms with Crippen LogP contribution in [0.5, 0.6) is 0 Å². The molecule has 0 fully saturated rings. The molecule has 2 aromatic carbocycles. The second-order valence-electron chi connectivity index (χ2n) is 9.10. The number of carbonyl (C=O) groups is 4. The smallest absolute Gasteiger partial charge is 0.408 e. The Labute approximate surface area is 199 Å². The summed E-state index contributed by atoms with van der Waals surface area (Å²) >= 11 is 0. The predicted molar refractivity (Wildman–Crippen MR) is 127 cm³/mol. The maximum Gasteiger partial charge on any atom is 0.408 e. The van der Waals surface area contributed by atoms with Gasteiger partial charge in [0.15, 0.2) is 11.6 Å². The summed E-state index contributed by atoms with van der Waals surface area (Å²) in [6.07, 6.45) is 0.578. The van der Waals surface area contributed by atoms with Gasteiger partial charge < -0.3 is 20.1 Å². The molecule has 0 heterocycles. The van der Waals surface area contributed by atoms with E-state index in [1.807, 2.05) is 0 Å². The zero-order valence-corrected chi connectivity index (χ0v) is 19.9. The number of benzene rings is 2. The molecule has 2 aromatic rings. The third kappa shape index (κ3) is 6.01. The maximum absolute atomic E-state index is 13.0. The van der Waals surface area contributed by atoms with Crippen molar-refractivity contribution in [3.63, 3.8) is 0 Å². The lowest BCUT2D eigenvalue weighted by Crippen LogP contribution is -2.42. The molecule has 0 unspecified atom stereocenters. The molecule has 0 aromatic heterocycles. The Bertz CT molecular complexity index is 1100. The van der Waals surface area contributed by atoms with Gasteiger partial charge in [-0.25, -0.2) is 9.59 Å². The average molecular weight is 467 g/mol. The van der Waals surface area contributed by atoms with Crippen molar-refractivity contribution < 1.29 is 28.7 Å². The lowest BCUT2D eigenvalue weighted by molar-refractivity contribution is -0.145. The highest BCUT2D eigenvalue weighted by atomic mass is 16.6. The summed E-state index contributed by atoms with van der Waals surface area (Å²) in [5, 5.41) is 5.67. The topological polar surface area (TPSA) is 111 Å². The molecule has 1 aliphatic carbocycles. The molecule has 0 aliphatic heterocycles. The minimum atomic E-state index is -0.824. The summed E-state index contributed by atoms with van der Waals surface area (Å²) < 4.78 is 10.3. The monoisotopic (exact) mass is 466 g/mol. The lowest BCUT2D eigenvalue weighted by atomic mass is 9.83. The van der Waals surface area contributed by atoms with Gasteiger partial charge in [0, 0.05) is 28.9 Å². The number of unbranched alkanes of at least 4 members (excludes halogenated alkanes) is 1. The molecular weight excluding hydrogens is 436 g/mol. The van der Waals surface area contributed by atoms with E-state index in [0.29, 0.717) is 47.3 Å². The highest BCUT2D eigenvalue weighted by Crippen LogP contribution is 2.31. The van der Waals surface area contributed by atoms with Crippen molar-refractivity contribution in [1.29, 1.82) is 0 Å². The fourth-order valence-corrected chi connectivity index (χ4v) is 3.58. The molecule has 8 nitrogen and oxygen atoms in total. The lowest BCUT2D eigenvalue weighted by Gasteiger charge is -2.21. The third-order valence-corrected chi connectivity index (χ3v) is 5.17. The number of nitrogens with one attached hydrogen (secondary N) is 2. The van der Waals surface area contributed by atoms with Gasteiger partial charge in [0.25, 0.3) is 0 Å². The Kier molecular flexibility index (Phi) is 7.71. The summed E-state index contributed by atoms with van der Waals surface area (Å²) in [4.78, 5) is 49.6. The van der Waals surface area contributed by atoms with E-state index in [1.165, 1.54) is 6.92 Å². The van der Waals surface area contributed by atoms with Crippen LogP contribution in [0.1, 0.15) is 72.4 Å². The Morgan fingerprint density at radius 2 is 1.56 bits per heavy atom. The van der Waals surface area contributed by atoms with E-state index in [2.05, 4.69) is 10.6 Å². The van der Waals surface area contributed by atoms with Crippen molar-refractivity contribution in [1.82, 2.24) is 5.32 Å². The largest absolute Gasteiger partial charge is 0.464 e. The van der Waals surface area contributed by atoms with Crippen LogP contribution < -0.4 is 10.6 Å². The standard InChI is InChI=1S/C26H30N2O6/c1-16(28-25(32)34-26(2,3)4)24(31)33-15-8-7-14-27-20-13-9-12-19-21(20)23(30)18-11-6-5-10-17(18)22(19)29/h5-6,9-13,16,27H,7-8,14-15H2,1-4H3,(H,28,32)/t16-/m0/s1. The normalized spacial score (nSPS) is 13.4. The molecule has 0 saturated carbocycles. The van der Waals surface area contributed by atoms with E-state index in [4.69, 9.17) is 9.47 Å². The van der Waals surface area contributed by atoms with Crippen molar-refractivity contribution in [3.8, 4) is 0 Å². The van der Waals surface area contributed by atoms with Crippen LogP contribution in [0.2, 0.25) is 0 Å². The molecule has 0 spiro atoms. The molecule has 0 bridgehead atoms. The van der Waals surface area contributed by atoms with Crippen LogP contribution >= 0.6 is 0 Å². The number of amides is 1. The van der Waals surface area contributed by atoms with Gasteiger partial charge in [-0.3, -0.25) is 9.59 Å². The maximum atomic E-state index is 13.0. The minimum absolute atomic E-state index is 0.158. The van der Waals surface area contributed by atoms with E-state index in [-0.39, 0.29) is 18.2 Å². The highest BCUT2D eigenvalue weighted by Gasteiger charge is 2.31. The molecule has 2 N–H and O–H groups in total. The minimum Gasteiger partial charge on any atom is -0.464 e. The van der Waals surface area contributed by atoms with Crippen molar-refractivity contribution in [2.45, 2.75) is 52.2 Å². The number of hydrogen-bond donors (Lipinski definition) is 2. The highest BCUT2D eigenvalue weighted by molar-refractivity contribution is 6.30. The summed E-state index contributed by atoms with van der Waals surface area (Å²) in [6, 6.07) is 11.2.